The fourth-order valence-electron chi connectivity index (χ4n) is 2.14. The minimum absolute atomic E-state index is 0.300. The second kappa shape index (κ2) is 6.45. The number of halogens is 2. The van der Waals surface area contributed by atoms with Gasteiger partial charge in [0.2, 0.25) is 0 Å². The fraction of sp³-hybridized carbons (Fsp3) is 0.214. The first-order chi connectivity index (χ1) is 10.2. The molecule has 1 saturated heterocycles. The van der Waals surface area contributed by atoms with E-state index in [-0.39, 0.29) is 0 Å². The summed E-state index contributed by atoms with van der Waals surface area (Å²) in [5.74, 6) is 1.94. The maximum Gasteiger partial charge on any atom is 0.131 e. The summed E-state index contributed by atoms with van der Waals surface area (Å²) in [6.07, 6.45) is 3.73. The summed E-state index contributed by atoms with van der Waals surface area (Å²) in [4.78, 5) is 1.92. The monoisotopic (exact) mass is 355 g/mol. The summed E-state index contributed by atoms with van der Waals surface area (Å²) in [5, 5.41) is 13.7. The largest absolute Gasteiger partial charge is 0.345 e. The second-order valence-electron chi connectivity index (χ2n) is 4.47. The highest BCUT2D eigenvalue weighted by molar-refractivity contribution is 8.25. The average Bonchev–Trinajstić information content (AvgIpc) is 3.07. The molecule has 0 unspecified atom stereocenters. The van der Waals surface area contributed by atoms with Gasteiger partial charge >= 0.3 is 0 Å². The highest BCUT2D eigenvalue weighted by Crippen LogP contribution is 2.53. The number of thioether (sulfide) groups is 2. The number of nitriles is 1. The molecular formula is C14H11Cl2N3S2. The lowest BCUT2D eigenvalue weighted by Gasteiger charge is -2.16. The van der Waals surface area contributed by atoms with Crippen molar-refractivity contribution in [2.75, 3.05) is 12.3 Å². The molecule has 108 valence electrons. The molecular weight excluding hydrogens is 345 g/mol. The SMILES string of the molecule is N#CCN1C=CN/C1=C1/SC[C@@H](c2ccc(Cl)cc2Cl)S1. The first-order valence-electron chi connectivity index (χ1n) is 6.24. The van der Waals surface area contributed by atoms with Gasteiger partial charge in [-0.05, 0) is 17.7 Å². The van der Waals surface area contributed by atoms with Gasteiger partial charge in [-0.25, -0.2) is 0 Å². The highest BCUT2D eigenvalue weighted by Gasteiger charge is 2.29. The average molecular weight is 356 g/mol. The van der Waals surface area contributed by atoms with Gasteiger partial charge < -0.3 is 10.2 Å². The zero-order valence-corrected chi connectivity index (χ0v) is 14.0. The number of benzene rings is 1. The molecule has 0 saturated carbocycles. The smallest absolute Gasteiger partial charge is 0.131 e. The lowest BCUT2D eigenvalue weighted by molar-refractivity contribution is 0.525. The number of nitrogens with one attached hydrogen (secondary N) is 1. The summed E-state index contributed by atoms with van der Waals surface area (Å²) in [5.41, 5.74) is 1.10. The van der Waals surface area contributed by atoms with Crippen LogP contribution in [0.15, 0.2) is 40.7 Å². The third-order valence-corrected chi connectivity index (χ3v) is 6.60. The van der Waals surface area contributed by atoms with Crippen LogP contribution in [0.2, 0.25) is 10.0 Å². The predicted octanol–water partition coefficient (Wildman–Crippen LogP) is 4.54. The molecule has 0 radical (unpaired) electrons. The molecule has 2 heterocycles. The van der Waals surface area contributed by atoms with Crippen LogP contribution in [-0.4, -0.2) is 17.2 Å². The quantitative estimate of drug-likeness (QED) is 0.788. The summed E-state index contributed by atoms with van der Waals surface area (Å²) in [6, 6.07) is 7.81. The van der Waals surface area contributed by atoms with E-state index in [4.69, 9.17) is 28.5 Å². The van der Waals surface area contributed by atoms with Crippen LogP contribution in [0.4, 0.5) is 0 Å². The van der Waals surface area contributed by atoms with E-state index in [1.54, 1.807) is 29.6 Å². The Kier molecular flexibility index (Phi) is 4.60. The molecule has 1 aromatic rings. The van der Waals surface area contributed by atoms with Crippen molar-refractivity contribution in [3.63, 3.8) is 0 Å². The van der Waals surface area contributed by atoms with Crippen LogP contribution >= 0.6 is 46.7 Å². The summed E-state index contributed by atoms with van der Waals surface area (Å²) in [6.45, 7) is 0.343. The Bertz CT molecular complexity index is 667. The van der Waals surface area contributed by atoms with E-state index in [1.807, 2.05) is 29.4 Å². The van der Waals surface area contributed by atoms with Gasteiger partial charge in [0.1, 0.15) is 12.4 Å². The van der Waals surface area contributed by atoms with Crippen LogP contribution < -0.4 is 5.32 Å². The first-order valence-corrected chi connectivity index (χ1v) is 8.86. The summed E-state index contributed by atoms with van der Waals surface area (Å²) >= 11 is 15.8. The van der Waals surface area contributed by atoms with Crippen molar-refractivity contribution < 1.29 is 0 Å². The molecule has 21 heavy (non-hydrogen) atoms. The molecule has 0 aromatic heterocycles. The molecule has 0 aliphatic carbocycles. The van der Waals surface area contributed by atoms with E-state index >= 15 is 0 Å². The van der Waals surface area contributed by atoms with Crippen LogP contribution in [0.3, 0.4) is 0 Å². The summed E-state index contributed by atoms with van der Waals surface area (Å²) < 4.78 is 1.19. The van der Waals surface area contributed by atoms with E-state index in [0.717, 1.165) is 17.1 Å². The first kappa shape index (κ1) is 15.0. The molecule has 3 rings (SSSR count). The molecule has 2 aliphatic rings. The zero-order valence-electron chi connectivity index (χ0n) is 10.8. The van der Waals surface area contributed by atoms with Gasteiger partial charge in [0, 0.05) is 33.4 Å². The minimum atomic E-state index is 0.300. The predicted molar refractivity (Wildman–Crippen MR) is 90.9 cm³/mol. The van der Waals surface area contributed by atoms with Crippen LogP contribution in [0.25, 0.3) is 0 Å². The van der Waals surface area contributed by atoms with Crippen molar-refractivity contribution in [2.45, 2.75) is 5.25 Å². The fourth-order valence-corrected chi connectivity index (χ4v) is 5.72. The topological polar surface area (TPSA) is 39.1 Å². The van der Waals surface area contributed by atoms with Crippen LogP contribution in [0, 0.1) is 11.3 Å². The van der Waals surface area contributed by atoms with E-state index in [2.05, 4.69) is 11.4 Å². The van der Waals surface area contributed by atoms with Crippen molar-refractivity contribution in [1.29, 1.82) is 5.26 Å². The van der Waals surface area contributed by atoms with E-state index in [1.165, 1.54) is 4.24 Å². The highest BCUT2D eigenvalue weighted by atomic mass is 35.5. The number of nitrogens with zero attached hydrogens (tertiary/aromatic N) is 2. The molecule has 0 amide bonds. The van der Waals surface area contributed by atoms with Crippen LogP contribution in [0.1, 0.15) is 10.8 Å². The van der Waals surface area contributed by atoms with Gasteiger partial charge in [-0.15, -0.1) is 23.5 Å². The van der Waals surface area contributed by atoms with Gasteiger partial charge in [-0.2, -0.15) is 5.26 Å². The molecule has 3 nitrogen and oxygen atoms in total. The Morgan fingerprint density at radius 3 is 3.05 bits per heavy atom. The lowest BCUT2D eigenvalue weighted by atomic mass is 10.2. The molecule has 1 N–H and O–H groups in total. The third-order valence-electron chi connectivity index (χ3n) is 3.12. The number of rotatable bonds is 2. The molecule has 1 atom stereocenters. The van der Waals surface area contributed by atoms with E-state index in [9.17, 15) is 0 Å². The van der Waals surface area contributed by atoms with E-state index in [0.29, 0.717) is 21.8 Å². The Labute approximate surface area is 142 Å². The van der Waals surface area contributed by atoms with Gasteiger partial charge in [-0.3, -0.25) is 0 Å². The lowest BCUT2D eigenvalue weighted by Crippen LogP contribution is -2.19. The zero-order chi connectivity index (χ0) is 14.8. The van der Waals surface area contributed by atoms with Crippen molar-refractivity contribution in [3.05, 3.63) is 56.3 Å². The Morgan fingerprint density at radius 2 is 2.29 bits per heavy atom. The molecule has 1 fully saturated rings. The van der Waals surface area contributed by atoms with Crippen molar-refractivity contribution in [1.82, 2.24) is 10.2 Å². The van der Waals surface area contributed by atoms with Crippen LogP contribution in [-0.2, 0) is 0 Å². The minimum Gasteiger partial charge on any atom is -0.345 e. The van der Waals surface area contributed by atoms with Gasteiger partial charge in [0.25, 0.3) is 0 Å². The van der Waals surface area contributed by atoms with Crippen LogP contribution in [0.5, 0.6) is 0 Å². The maximum atomic E-state index is 8.86. The molecule has 7 heteroatoms. The maximum absolute atomic E-state index is 8.86. The molecule has 0 bridgehead atoms. The van der Waals surface area contributed by atoms with E-state index < -0.39 is 0 Å². The van der Waals surface area contributed by atoms with Gasteiger partial charge in [0.05, 0.1) is 10.3 Å². The standard InChI is InChI=1S/C14H11Cl2N3S2/c15-9-1-2-10(11(16)7-9)12-8-20-14(21-12)13-18-4-6-19(13)5-3-17/h1-2,4,6-7,12,18H,5,8H2/b14-13+/t12-/m0/s1. The number of hydrogen-bond acceptors (Lipinski definition) is 5. The Hall–Kier alpha value is -0.930. The van der Waals surface area contributed by atoms with Gasteiger partial charge in [0.15, 0.2) is 0 Å². The molecule has 2 aliphatic heterocycles. The Balaban J connectivity index is 1.81. The normalized spacial score (nSPS) is 24.2. The molecule has 1 aromatic carbocycles. The van der Waals surface area contributed by atoms with Gasteiger partial charge in [-0.1, -0.05) is 29.3 Å². The third kappa shape index (κ3) is 3.14. The number of hydrogen-bond donors (Lipinski definition) is 1. The summed E-state index contributed by atoms with van der Waals surface area (Å²) in [7, 11) is 0. The van der Waals surface area contributed by atoms with Crippen molar-refractivity contribution in [3.8, 4) is 6.07 Å². The second-order valence-corrected chi connectivity index (χ2v) is 7.81. The van der Waals surface area contributed by atoms with Crippen molar-refractivity contribution in [2.24, 2.45) is 0 Å². The van der Waals surface area contributed by atoms with Crippen molar-refractivity contribution >= 4 is 46.7 Å². The Morgan fingerprint density at radius 1 is 1.43 bits per heavy atom. The molecule has 0 spiro atoms.